The van der Waals surface area contributed by atoms with Gasteiger partial charge < -0.3 is 10.2 Å². The van der Waals surface area contributed by atoms with E-state index >= 15 is 0 Å². The molecule has 3 unspecified atom stereocenters. The summed E-state index contributed by atoms with van der Waals surface area (Å²) < 4.78 is 0. The van der Waals surface area contributed by atoms with E-state index in [1.54, 1.807) is 37.2 Å². The lowest BCUT2D eigenvalue weighted by molar-refractivity contribution is 0.0584. The zero-order valence-electron chi connectivity index (χ0n) is 23.9. The minimum Gasteiger partial charge on any atom is -0.348 e. The number of nitrogens with zero attached hydrogens (tertiary/aromatic N) is 13. The van der Waals surface area contributed by atoms with Gasteiger partial charge in [0.05, 0.1) is 29.5 Å². The van der Waals surface area contributed by atoms with E-state index in [4.69, 9.17) is 35.2 Å². The highest BCUT2D eigenvalue weighted by molar-refractivity contribution is 8.00. The van der Waals surface area contributed by atoms with Gasteiger partial charge in [-0.2, -0.15) is 10.2 Å². The van der Waals surface area contributed by atoms with Gasteiger partial charge in [-0.05, 0) is 59.7 Å². The molecule has 3 aliphatic heterocycles. The number of hydrogen-bond acceptors (Lipinski definition) is 16. The van der Waals surface area contributed by atoms with Crippen LogP contribution in [0, 0.1) is 0 Å². The largest absolute Gasteiger partial charge is 0.348 e. The fourth-order valence-corrected chi connectivity index (χ4v) is 6.95. The Morgan fingerprint density at radius 1 is 0.867 bits per heavy atom. The van der Waals surface area contributed by atoms with Crippen molar-refractivity contribution in [2.75, 3.05) is 6.54 Å². The van der Waals surface area contributed by atoms with Crippen LogP contribution < -0.4 is 10.1 Å². The quantitative estimate of drug-likeness (QED) is 0.300. The van der Waals surface area contributed by atoms with Gasteiger partial charge in [-0.15, -0.1) is 15.3 Å². The van der Waals surface area contributed by atoms with Crippen molar-refractivity contribution in [3.8, 4) is 0 Å². The SMILES string of the molecule is C1=CC=C(N2CCCCC(c3cnccn3)C(c3ccnnn3)(c3nccnn3)C2(C2=NNSC=C2)c2ncncn2)NC=C1. The summed E-state index contributed by atoms with van der Waals surface area (Å²) in [6, 6.07) is 1.83. The third-order valence-corrected chi connectivity index (χ3v) is 8.57. The molecule has 4 aromatic heterocycles. The second kappa shape index (κ2) is 12.6. The zero-order chi connectivity index (χ0) is 30.4. The number of allylic oxidation sites excluding steroid dienone is 4. The molecule has 2 N–H and O–H groups in total. The molecule has 0 aliphatic carbocycles. The van der Waals surface area contributed by atoms with Gasteiger partial charge in [0.2, 0.25) is 0 Å². The first-order valence-corrected chi connectivity index (χ1v) is 15.1. The Balaban J connectivity index is 1.73. The summed E-state index contributed by atoms with van der Waals surface area (Å²) in [7, 11) is 0. The zero-order valence-corrected chi connectivity index (χ0v) is 24.7. The summed E-state index contributed by atoms with van der Waals surface area (Å²) in [4.78, 5) is 33.6. The topological polar surface area (TPSA) is 181 Å². The minimum absolute atomic E-state index is 0.350. The molecule has 0 aromatic carbocycles. The smallest absolute Gasteiger partial charge is 0.167 e. The van der Waals surface area contributed by atoms with Crippen molar-refractivity contribution in [2.45, 2.75) is 36.1 Å². The van der Waals surface area contributed by atoms with E-state index in [1.165, 1.54) is 24.6 Å². The molecule has 1 fully saturated rings. The molecule has 3 aliphatic rings. The molecule has 1 saturated heterocycles. The Hall–Kier alpha value is -5.51. The molecule has 45 heavy (non-hydrogen) atoms. The summed E-state index contributed by atoms with van der Waals surface area (Å²) in [5.41, 5.74) is -1.02. The second-order valence-electron chi connectivity index (χ2n) is 10.2. The first-order chi connectivity index (χ1) is 22.4. The van der Waals surface area contributed by atoms with Crippen LogP contribution in [0.2, 0.25) is 0 Å². The lowest BCUT2D eigenvalue weighted by atomic mass is 9.53. The highest BCUT2D eigenvalue weighted by atomic mass is 32.2. The van der Waals surface area contributed by atoms with Crippen LogP contribution >= 0.6 is 11.9 Å². The van der Waals surface area contributed by atoms with E-state index in [-0.39, 0.29) is 0 Å². The van der Waals surface area contributed by atoms with Crippen molar-refractivity contribution < 1.29 is 0 Å². The van der Waals surface area contributed by atoms with Gasteiger partial charge in [-0.25, -0.2) is 24.8 Å². The van der Waals surface area contributed by atoms with E-state index in [0.717, 1.165) is 18.7 Å². The van der Waals surface area contributed by atoms with Crippen molar-refractivity contribution in [2.24, 2.45) is 5.10 Å². The number of likely N-dealkylation sites (tertiary alicyclic amines) is 1. The predicted molar refractivity (Wildman–Crippen MR) is 164 cm³/mol. The fourth-order valence-electron chi connectivity index (χ4n) is 6.54. The molecule has 0 saturated carbocycles. The van der Waals surface area contributed by atoms with Gasteiger partial charge in [0, 0.05) is 43.4 Å². The third-order valence-electron chi connectivity index (χ3n) is 8.10. The Morgan fingerprint density at radius 2 is 1.80 bits per heavy atom. The van der Waals surface area contributed by atoms with Crippen LogP contribution in [0.3, 0.4) is 0 Å². The Bertz CT molecular complexity index is 1710. The van der Waals surface area contributed by atoms with Gasteiger partial charge in [-0.3, -0.25) is 9.97 Å². The summed E-state index contributed by atoms with van der Waals surface area (Å²) in [5.74, 6) is 1.04. The van der Waals surface area contributed by atoms with Crippen molar-refractivity contribution >= 4 is 17.7 Å². The summed E-state index contributed by atoms with van der Waals surface area (Å²) in [5, 5.41) is 32.4. The van der Waals surface area contributed by atoms with Gasteiger partial charge in [0.25, 0.3) is 0 Å². The van der Waals surface area contributed by atoms with Crippen LogP contribution in [0.5, 0.6) is 0 Å². The molecule has 3 atom stereocenters. The van der Waals surface area contributed by atoms with E-state index in [1.807, 2.05) is 48.1 Å². The molecule has 0 bridgehead atoms. The lowest BCUT2D eigenvalue weighted by Gasteiger charge is -2.57. The number of hydrogen-bond donors (Lipinski definition) is 2. The molecular weight excluding hydrogens is 590 g/mol. The van der Waals surface area contributed by atoms with Gasteiger partial charge in [0.15, 0.2) is 17.2 Å². The maximum atomic E-state index is 4.95. The van der Waals surface area contributed by atoms with Crippen LogP contribution in [-0.4, -0.2) is 72.7 Å². The molecule has 224 valence electrons. The average Bonchev–Trinajstić information content (AvgIpc) is 3.40. The van der Waals surface area contributed by atoms with E-state index in [9.17, 15) is 0 Å². The normalized spacial score (nSPS) is 24.7. The first kappa shape index (κ1) is 28.3. The number of hydrazone groups is 1. The highest BCUT2D eigenvalue weighted by Gasteiger charge is 2.70. The van der Waals surface area contributed by atoms with E-state index < -0.39 is 16.9 Å². The summed E-state index contributed by atoms with van der Waals surface area (Å²) >= 11 is 1.35. The molecule has 0 radical (unpaired) electrons. The molecule has 4 aromatic rings. The van der Waals surface area contributed by atoms with Gasteiger partial charge in [0.1, 0.15) is 23.9 Å². The van der Waals surface area contributed by atoms with Gasteiger partial charge >= 0.3 is 0 Å². The van der Waals surface area contributed by atoms with Crippen molar-refractivity contribution in [3.05, 3.63) is 127 Å². The second-order valence-corrected chi connectivity index (χ2v) is 10.9. The molecular formula is C29H27N15S. The third kappa shape index (κ3) is 4.79. The molecule has 0 spiro atoms. The fraction of sp³-hybridized carbons (Fsp3) is 0.241. The first-order valence-electron chi connectivity index (χ1n) is 14.3. The van der Waals surface area contributed by atoms with Crippen LogP contribution in [0.1, 0.15) is 48.2 Å². The molecule has 7 heterocycles. The molecule has 0 amide bonds. The molecule has 16 heteroatoms. The van der Waals surface area contributed by atoms with Crippen LogP contribution in [0.15, 0.2) is 109 Å². The molecule has 7 rings (SSSR count). The maximum Gasteiger partial charge on any atom is 0.167 e. The van der Waals surface area contributed by atoms with E-state index in [2.05, 4.69) is 40.4 Å². The number of rotatable bonds is 6. The standard InChI is InChI=1S/C29H27N15S/c1-2-7-25(33-10-4-1)44-16-5-3-6-21(22-18-30-12-13-32-22)28(23-8-11-38-42-39-23,26-34-14-15-37-41-26)29(44,24-9-17-45-43-40-24)27-35-19-31-20-36-27/h1-2,4,7-15,17-21,33,43H,3,5-6,16H2. The van der Waals surface area contributed by atoms with Crippen molar-refractivity contribution in [1.29, 1.82) is 0 Å². The minimum atomic E-state index is -1.42. The number of nitrogens with one attached hydrogen (secondary N) is 2. The highest BCUT2D eigenvalue weighted by Crippen LogP contribution is 2.59. The van der Waals surface area contributed by atoms with Crippen molar-refractivity contribution in [3.63, 3.8) is 0 Å². The Morgan fingerprint density at radius 3 is 2.58 bits per heavy atom. The summed E-state index contributed by atoms with van der Waals surface area (Å²) in [6.45, 7) is 0.569. The molecule has 15 nitrogen and oxygen atoms in total. The lowest BCUT2D eigenvalue weighted by Crippen LogP contribution is -2.69. The Labute approximate surface area is 262 Å². The van der Waals surface area contributed by atoms with Crippen LogP contribution in [0.25, 0.3) is 0 Å². The monoisotopic (exact) mass is 617 g/mol. The van der Waals surface area contributed by atoms with Gasteiger partial charge in [-0.1, -0.05) is 18.6 Å². The average molecular weight is 618 g/mol. The predicted octanol–water partition coefficient (Wildman–Crippen LogP) is 2.12. The Kier molecular flexibility index (Phi) is 7.92. The van der Waals surface area contributed by atoms with E-state index in [0.29, 0.717) is 41.7 Å². The number of aromatic nitrogens is 11. The van der Waals surface area contributed by atoms with Crippen LogP contribution in [0.4, 0.5) is 0 Å². The summed E-state index contributed by atoms with van der Waals surface area (Å²) in [6.07, 6.45) is 26.9. The van der Waals surface area contributed by atoms with Crippen molar-refractivity contribution in [1.82, 2.24) is 70.6 Å². The van der Waals surface area contributed by atoms with Crippen LogP contribution in [-0.2, 0) is 11.0 Å². The maximum absolute atomic E-state index is 4.95.